The molecule has 0 aromatic heterocycles. The van der Waals surface area contributed by atoms with E-state index in [1.54, 1.807) is 0 Å². The van der Waals surface area contributed by atoms with Gasteiger partial charge in [-0.3, -0.25) is 4.90 Å². The fourth-order valence-electron chi connectivity index (χ4n) is 3.28. The summed E-state index contributed by atoms with van der Waals surface area (Å²) in [6.45, 7) is 6.18. The Morgan fingerprint density at radius 3 is 2.88 bits per heavy atom. The molecule has 1 aromatic rings. The van der Waals surface area contributed by atoms with E-state index < -0.39 is 0 Å². The average molecular weight is 414 g/mol. The third-order valence-electron chi connectivity index (χ3n) is 4.76. The van der Waals surface area contributed by atoms with Crippen molar-refractivity contribution in [3.05, 3.63) is 28.2 Å². The fourth-order valence-corrected chi connectivity index (χ4v) is 5.00. The van der Waals surface area contributed by atoms with Crippen molar-refractivity contribution in [3.63, 3.8) is 0 Å². The number of anilines is 1. The van der Waals surface area contributed by atoms with Crippen molar-refractivity contribution in [1.29, 1.82) is 0 Å². The Morgan fingerprint density at radius 1 is 1.42 bits per heavy atom. The van der Waals surface area contributed by atoms with E-state index in [9.17, 15) is 4.79 Å². The molecule has 7 heteroatoms. The van der Waals surface area contributed by atoms with Gasteiger partial charge in [0.1, 0.15) is 0 Å². The van der Waals surface area contributed by atoms with Crippen LogP contribution < -0.4 is 10.6 Å². The van der Waals surface area contributed by atoms with Gasteiger partial charge in [0.25, 0.3) is 0 Å². The lowest BCUT2D eigenvalue weighted by molar-refractivity contribution is -0.0123. The molecule has 3 rings (SSSR count). The number of benzene rings is 1. The molecular weight excluding hydrogens is 390 g/mol. The first kappa shape index (κ1) is 18.0. The molecule has 2 saturated heterocycles. The number of urea groups is 1. The van der Waals surface area contributed by atoms with Gasteiger partial charge in [-0.15, -0.1) is 0 Å². The third kappa shape index (κ3) is 4.25. The summed E-state index contributed by atoms with van der Waals surface area (Å²) in [7, 11) is 0. The molecule has 0 spiro atoms. The van der Waals surface area contributed by atoms with Crippen LogP contribution in [0, 0.1) is 6.92 Å². The van der Waals surface area contributed by atoms with Crippen LogP contribution in [-0.2, 0) is 4.74 Å². The van der Waals surface area contributed by atoms with Crippen molar-refractivity contribution in [2.75, 3.05) is 49.7 Å². The van der Waals surface area contributed by atoms with Gasteiger partial charge < -0.3 is 15.4 Å². The number of morpholine rings is 1. The van der Waals surface area contributed by atoms with Crippen molar-refractivity contribution in [2.24, 2.45) is 0 Å². The molecular formula is C17H24BrN3O2S. The van der Waals surface area contributed by atoms with E-state index in [4.69, 9.17) is 4.74 Å². The van der Waals surface area contributed by atoms with Crippen molar-refractivity contribution in [2.45, 2.75) is 18.9 Å². The highest BCUT2D eigenvalue weighted by Gasteiger charge is 2.40. The van der Waals surface area contributed by atoms with E-state index in [1.807, 2.05) is 36.9 Å². The van der Waals surface area contributed by atoms with Crippen molar-refractivity contribution in [1.82, 2.24) is 10.2 Å². The summed E-state index contributed by atoms with van der Waals surface area (Å²) >= 11 is 5.45. The van der Waals surface area contributed by atoms with Gasteiger partial charge in [-0.05, 0) is 42.9 Å². The number of ether oxygens (including phenoxy) is 1. The van der Waals surface area contributed by atoms with Gasteiger partial charge in [-0.1, -0.05) is 15.9 Å². The highest BCUT2D eigenvalue weighted by Crippen LogP contribution is 2.33. The van der Waals surface area contributed by atoms with E-state index in [-0.39, 0.29) is 11.6 Å². The average Bonchev–Trinajstić information content (AvgIpc) is 3.07. The molecule has 0 radical (unpaired) electrons. The zero-order valence-electron chi connectivity index (χ0n) is 13.9. The van der Waals surface area contributed by atoms with Gasteiger partial charge in [-0.2, -0.15) is 11.8 Å². The second kappa shape index (κ2) is 8.08. The number of nitrogens with zero attached hydrogens (tertiary/aromatic N) is 1. The first-order valence-corrected chi connectivity index (χ1v) is 10.3. The maximum atomic E-state index is 12.3. The number of halogens is 1. The lowest BCUT2D eigenvalue weighted by Crippen LogP contribution is -2.59. The third-order valence-corrected chi connectivity index (χ3v) is 6.88. The lowest BCUT2D eigenvalue weighted by atomic mass is 9.95. The van der Waals surface area contributed by atoms with Crippen molar-refractivity contribution in [3.8, 4) is 0 Å². The number of amides is 2. The van der Waals surface area contributed by atoms with Crippen LogP contribution in [0.1, 0.15) is 12.0 Å². The zero-order chi connectivity index (χ0) is 17.0. The molecule has 1 unspecified atom stereocenters. The summed E-state index contributed by atoms with van der Waals surface area (Å²) in [6.07, 6.45) is 1.12. The minimum Gasteiger partial charge on any atom is -0.379 e. The number of thioether (sulfide) groups is 1. The SMILES string of the molecule is Cc1cc(NC(=O)NCC2(N3CCOCC3)CCSC2)ccc1Br. The maximum absolute atomic E-state index is 12.3. The Kier molecular flexibility index (Phi) is 6.07. The van der Waals surface area contributed by atoms with Gasteiger partial charge in [0.05, 0.1) is 13.2 Å². The molecule has 2 aliphatic heterocycles. The number of aryl methyl sites for hydroxylation is 1. The molecule has 0 bridgehead atoms. The molecule has 2 N–H and O–H groups in total. The van der Waals surface area contributed by atoms with E-state index in [1.165, 1.54) is 0 Å². The molecule has 2 heterocycles. The largest absolute Gasteiger partial charge is 0.379 e. The molecule has 5 nitrogen and oxygen atoms in total. The van der Waals surface area contributed by atoms with Gasteiger partial charge in [-0.25, -0.2) is 4.79 Å². The van der Waals surface area contributed by atoms with Crippen LogP contribution in [-0.4, -0.2) is 60.8 Å². The van der Waals surface area contributed by atoms with Gasteiger partial charge in [0.15, 0.2) is 0 Å². The van der Waals surface area contributed by atoms with Crippen LogP contribution in [0.25, 0.3) is 0 Å². The second-order valence-electron chi connectivity index (χ2n) is 6.40. The molecule has 2 aliphatic rings. The summed E-state index contributed by atoms with van der Waals surface area (Å²) in [5, 5.41) is 6.02. The molecule has 1 aromatic carbocycles. The van der Waals surface area contributed by atoms with Crippen LogP contribution in [0.5, 0.6) is 0 Å². The maximum Gasteiger partial charge on any atom is 0.319 e. The number of carbonyl (C=O) groups is 1. The number of hydrogen-bond donors (Lipinski definition) is 2. The normalized spacial score (nSPS) is 24.8. The Labute approximate surface area is 156 Å². The molecule has 0 saturated carbocycles. The quantitative estimate of drug-likeness (QED) is 0.795. The molecule has 24 heavy (non-hydrogen) atoms. The zero-order valence-corrected chi connectivity index (χ0v) is 16.3. The van der Waals surface area contributed by atoms with Gasteiger partial charge in [0, 0.05) is 41.1 Å². The summed E-state index contributed by atoms with van der Waals surface area (Å²) in [6, 6.07) is 5.68. The molecule has 2 fully saturated rings. The van der Waals surface area contributed by atoms with Crippen LogP contribution >= 0.6 is 27.7 Å². The van der Waals surface area contributed by atoms with Crippen LogP contribution in [0.4, 0.5) is 10.5 Å². The van der Waals surface area contributed by atoms with E-state index in [0.717, 1.165) is 60.0 Å². The van der Waals surface area contributed by atoms with E-state index in [0.29, 0.717) is 6.54 Å². The Balaban J connectivity index is 1.57. The summed E-state index contributed by atoms with van der Waals surface area (Å²) < 4.78 is 6.52. The minimum absolute atomic E-state index is 0.0709. The Morgan fingerprint density at radius 2 is 2.21 bits per heavy atom. The van der Waals surface area contributed by atoms with E-state index in [2.05, 4.69) is 31.5 Å². The first-order valence-electron chi connectivity index (χ1n) is 8.31. The van der Waals surface area contributed by atoms with Gasteiger partial charge in [0.2, 0.25) is 0 Å². The monoisotopic (exact) mass is 413 g/mol. The fraction of sp³-hybridized carbons (Fsp3) is 0.588. The highest BCUT2D eigenvalue weighted by molar-refractivity contribution is 9.10. The summed E-state index contributed by atoms with van der Waals surface area (Å²) in [4.78, 5) is 14.8. The number of nitrogens with one attached hydrogen (secondary N) is 2. The van der Waals surface area contributed by atoms with E-state index >= 15 is 0 Å². The molecule has 2 amide bonds. The summed E-state index contributed by atoms with van der Waals surface area (Å²) in [5.41, 5.74) is 1.99. The Bertz CT molecular complexity index is 587. The highest BCUT2D eigenvalue weighted by atomic mass is 79.9. The number of rotatable bonds is 4. The molecule has 132 valence electrons. The Hall–Kier alpha value is -0.760. The molecule has 0 aliphatic carbocycles. The van der Waals surface area contributed by atoms with Crippen LogP contribution in [0.3, 0.4) is 0 Å². The van der Waals surface area contributed by atoms with Crippen LogP contribution in [0.15, 0.2) is 22.7 Å². The minimum atomic E-state index is -0.138. The predicted molar refractivity (Wildman–Crippen MR) is 103 cm³/mol. The van der Waals surface area contributed by atoms with Crippen molar-refractivity contribution < 1.29 is 9.53 Å². The van der Waals surface area contributed by atoms with Crippen LogP contribution in [0.2, 0.25) is 0 Å². The topological polar surface area (TPSA) is 53.6 Å². The lowest BCUT2D eigenvalue weighted by Gasteiger charge is -2.43. The standard InChI is InChI=1S/C17H24BrN3O2S/c1-13-10-14(2-3-15(13)18)20-16(22)19-11-17(4-9-24-12-17)21-5-7-23-8-6-21/h2-3,10H,4-9,11-12H2,1H3,(H2,19,20,22). The number of carbonyl (C=O) groups excluding carboxylic acids is 1. The van der Waals surface area contributed by atoms with Gasteiger partial charge >= 0.3 is 6.03 Å². The summed E-state index contributed by atoms with van der Waals surface area (Å²) in [5.74, 6) is 2.23. The smallest absolute Gasteiger partial charge is 0.319 e. The first-order chi connectivity index (χ1) is 11.6. The van der Waals surface area contributed by atoms with Crippen molar-refractivity contribution >= 4 is 39.4 Å². The molecule has 1 atom stereocenters. The predicted octanol–water partition coefficient (Wildman–Crippen LogP) is 3.09. The number of hydrogen-bond acceptors (Lipinski definition) is 4. The second-order valence-corrected chi connectivity index (χ2v) is 8.36.